The number of carboxylic acid groups (broad SMARTS) is 1. The monoisotopic (exact) mass is 289 g/mol. The summed E-state index contributed by atoms with van der Waals surface area (Å²) in [6.45, 7) is 11.9. The number of carboxylic acids is 1. The van der Waals surface area contributed by atoms with Crippen LogP contribution in [0.25, 0.3) is 6.08 Å². The molecule has 0 radical (unpaired) electrons. The van der Waals surface area contributed by atoms with Gasteiger partial charge in [0, 0.05) is 25.7 Å². The summed E-state index contributed by atoms with van der Waals surface area (Å²) < 4.78 is 0. The maximum absolute atomic E-state index is 10.7. The highest BCUT2D eigenvalue weighted by Crippen LogP contribution is 2.15. The van der Waals surface area contributed by atoms with Crippen LogP contribution in [0.3, 0.4) is 0 Å². The molecule has 1 aromatic rings. The molecular weight excluding hydrogens is 262 g/mol. The van der Waals surface area contributed by atoms with Crippen molar-refractivity contribution in [2.45, 2.75) is 34.2 Å². The van der Waals surface area contributed by atoms with Crippen LogP contribution in [0.2, 0.25) is 0 Å². The Hall–Kier alpha value is -1.61. The molecule has 1 rings (SSSR count). The zero-order valence-corrected chi connectivity index (χ0v) is 13.5. The van der Waals surface area contributed by atoms with Gasteiger partial charge in [-0.2, -0.15) is 0 Å². The van der Waals surface area contributed by atoms with Gasteiger partial charge in [-0.15, -0.1) is 0 Å². The van der Waals surface area contributed by atoms with Crippen molar-refractivity contribution in [3.8, 4) is 0 Å². The number of hydrogen-bond donors (Lipinski definition) is 1. The van der Waals surface area contributed by atoms with Gasteiger partial charge in [0.2, 0.25) is 0 Å². The summed E-state index contributed by atoms with van der Waals surface area (Å²) in [6.07, 6.45) is 2.88. The summed E-state index contributed by atoms with van der Waals surface area (Å²) in [7, 11) is 0. The maximum Gasteiger partial charge on any atom is 0.328 e. The minimum Gasteiger partial charge on any atom is -0.478 e. The van der Waals surface area contributed by atoms with Crippen LogP contribution in [0.1, 0.15) is 38.8 Å². The average Bonchev–Trinajstić information content (AvgIpc) is 2.36. The lowest BCUT2D eigenvalue weighted by Gasteiger charge is -2.26. The van der Waals surface area contributed by atoms with Crippen LogP contribution < -0.4 is 0 Å². The van der Waals surface area contributed by atoms with E-state index in [4.69, 9.17) is 5.11 Å². The molecule has 0 fully saturated rings. The average molecular weight is 289 g/mol. The summed E-state index contributed by atoms with van der Waals surface area (Å²) in [6, 6.07) is 8.00. The first-order chi connectivity index (χ1) is 9.88. The second kappa shape index (κ2) is 8.63. The second-order valence-corrected chi connectivity index (χ2v) is 6.35. The van der Waals surface area contributed by atoms with Gasteiger partial charge < -0.3 is 5.11 Å². The molecule has 0 spiro atoms. The van der Waals surface area contributed by atoms with Crippen LogP contribution in [0.5, 0.6) is 0 Å². The van der Waals surface area contributed by atoms with Gasteiger partial charge in [0.1, 0.15) is 0 Å². The summed E-state index contributed by atoms with van der Waals surface area (Å²) in [4.78, 5) is 13.1. The van der Waals surface area contributed by atoms with Gasteiger partial charge in [-0.05, 0) is 29.0 Å². The second-order valence-electron chi connectivity index (χ2n) is 6.35. The Morgan fingerprint density at radius 2 is 1.71 bits per heavy atom. The van der Waals surface area contributed by atoms with E-state index in [1.807, 2.05) is 18.2 Å². The van der Waals surface area contributed by atoms with Gasteiger partial charge in [0.15, 0.2) is 0 Å². The number of nitrogens with zero attached hydrogens (tertiary/aromatic N) is 1. The van der Waals surface area contributed by atoms with E-state index in [1.54, 1.807) is 6.08 Å². The molecule has 0 bridgehead atoms. The minimum atomic E-state index is -0.911. The number of benzene rings is 1. The molecule has 1 aromatic carbocycles. The van der Waals surface area contributed by atoms with Crippen molar-refractivity contribution < 1.29 is 9.90 Å². The third-order valence-corrected chi connectivity index (χ3v) is 3.10. The lowest BCUT2D eigenvalue weighted by molar-refractivity contribution is -0.131. The van der Waals surface area contributed by atoms with Crippen molar-refractivity contribution in [2.24, 2.45) is 11.8 Å². The molecule has 3 heteroatoms. The number of rotatable bonds is 8. The quantitative estimate of drug-likeness (QED) is 0.738. The first-order valence-corrected chi connectivity index (χ1v) is 7.59. The molecular formula is C18H27NO2. The van der Waals surface area contributed by atoms with E-state index >= 15 is 0 Å². The van der Waals surface area contributed by atoms with E-state index in [1.165, 1.54) is 11.6 Å². The summed E-state index contributed by atoms with van der Waals surface area (Å²) in [5.74, 6) is 0.321. The molecule has 0 aliphatic heterocycles. The highest BCUT2D eigenvalue weighted by molar-refractivity contribution is 5.85. The van der Waals surface area contributed by atoms with Gasteiger partial charge in [-0.25, -0.2) is 4.79 Å². The van der Waals surface area contributed by atoms with Crippen LogP contribution in [-0.4, -0.2) is 29.1 Å². The van der Waals surface area contributed by atoms with Gasteiger partial charge in [0.25, 0.3) is 0 Å². The van der Waals surface area contributed by atoms with Crippen molar-refractivity contribution in [3.63, 3.8) is 0 Å². The van der Waals surface area contributed by atoms with Crippen molar-refractivity contribution in [2.75, 3.05) is 13.1 Å². The third kappa shape index (κ3) is 7.09. The van der Waals surface area contributed by atoms with Crippen molar-refractivity contribution >= 4 is 12.0 Å². The molecule has 3 nitrogen and oxygen atoms in total. The summed E-state index contributed by atoms with van der Waals surface area (Å²) >= 11 is 0. The lowest BCUT2D eigenvalue weighted by atomic mass is 10.0. The molecule has 0 saturated carbocycles. The number of hydrogen-bond acceptors (Lipinski definition) is 2. The Balaban J connectivity index is 2.89. The minimum absolute atomic E-state index is 0.616. The third-order valence-electron chi connectivity index (χ3n) is 3.10. The van der Waals surface area contributed by atoms with E-state index < -0.39 is 5.97 Å². The molecule has 0 amide bonds. The van der Waals surface area contributed by atoms with Crippen LogP contribution in [0, 0.1) is 11.8 Å². The Labute approximate surface area is 128 Å². The Morgan fingerprint density at radius 1 is 1.14 bits per heavy atom. The fourth-order valence-corrected chi connectivity index (χ4v) is 2.48. The molecule has 0 aliphatic rings. The Bertz CT molecular complexity index is 468. The normalized spacial score (nSPS) is 12.0. The lowest BCUT2D eigenvalue weighted by Crippen LogP contribution is -2.31. The molecule has 0 saturated heterocycles. The highest BCUT2D eigenvalue weighted by Gasteiger charge is 2.11. The first-order valence-electron chi connectivity index (χ1n) is 7.59. The SMILES string of the molecule is CC(C)CN(Cc1ccccc1C=CC(=O)O)CC(C)C. The molecule has 0 aliphatic carbocycles. The summed E-state index contributed by atoms with van der Waals surface area (Å²) in [5, 5.41) is 8.79. The van der Waals surface area contributed by atoms with E-state index in [0.717, 1.165) is 25.2 Å². The molecule has 0 atom stereocenters. The van der Waals surface area contributed by atoms with Crippen LogP contribution >= 0.6 is 0 Å². The smallest absolute Gasteiger partial charge is 0.328 e. The van der Waals surface area contributed by atoms with E-state index in [0.29, 0.717) is 11.8 Å². The Morgan fingerprint density at radius 3 is 2.24 bits per heavy atom. The van der Waals surface area contributed by atoms with Gasteiger partial charge in [-0.3, -0.25) is 4.90 Å². The van der Waals surface area contributed by atoms with Crippen LogP contribution in [0.15, 0.2) is 30.3 Å². The topological polar surface area (TPSA) is 40.5 Å². The number of carbonyl (C=O) groups is 1. The predicted molar refractivity (Wildman–Crippen MR) is 88.1 cm³/mol. The number of aliphatic carboxylic acids is 1. The molecule has 0 heterocycles. The molecule has 21 heavy (non-hydrogen) atoms. The highest BCUT2D eigenvalue weighted by atomic mass is 16.4. The molecule has 0 unspecified atom stereocenters. The summed E-state index contributed by atoms with van der Waals surface area (Å²) in [5.41, 5.74) is 2.16. The van der Waals surface area contributed by atoms with Crippen LogP contribution in [0.4, 0.5) is 0 Å². The molecule has 0 aromatic heterocycles. The molecule has 116 valence electrons. The maximum atomic E-state index is 10.7. The zero-order chi connectivity index (χ0) is 15.8. The molecule has 1 N–H and O–H groups in total. The predicted octanol–water partition coefficient (Wildman–Crippen LogP) is 3.90. The fourth-order valence-electron chi connectivity index (χ4n) is 2.48. The van der Waals surface area contributed by atoms with Gasteiger partial charge in [-0.1, -0.05) is 52.0 Å². The van der Waals surface area contributed by atoms with Crippen LogP contribution in [-0.2, 0) is 11.3 Å². The van der Waals surface area contributed by atoms with Crippen molar-refractivity contribution in [1.82, 2.24) is 4.90 Å². The van der Waals surface area contributed by atoms with Gasteiger partial charge >= 0.3 is 5.97 Å². The van der Waals surface area contributed by atoms with Gasteiger partial charge in [0.05, 0.1) is 0 Å². The van der Waals surface area contributed by atoms with E-state index in [2.05, 4.69) is 38.7 Å². The zero-order valence-electron chi connectivity index (χ0n) is 13.5. The van der Waals surface area contributed by atoms with Crippen molar-refractivity contribution in [1.29, 1.82) is 0 Å². The standard InChI is InChI=1S/C18H27NO2/c1-14(2)11-19(12-15(3)4)13-17-8-6-5-7-16(17)9-10-18(20)21/h5-10,14-15H,11-13H2,1-4H3,(H,20,21). The van der Waals surface area contributed by atoms with E-state index in [9.17, 15) is 4.79 Å². The fraction of sp³-hybridized carbons (Fsp3) is 0.500. The van der Waals surface area contributed by atoms with Crippen molar-refractivity contribution in [3.05, 3.63) is 41.5 Å². The Kier molecular flexibility index (Phi) is 7.17. The van der Waals surface area contributed by atoms with E-state index in [-0.39, 0.29) is 0 Å². The first kappa shape index (κ1) is 17.4. The largest absolute Gasteiger partial charge is 0.478 e.